The van der Waals surface area contributed by atoms with Crippen LogP contribution in [0, 0.1) is 0 Å². The predicted octanol–water partition coefficient (Wildman–Crippen LogP) is 3.46. The number of aryl methyl sites for hydroxylation is 1. The van der Waals surface area contributed by atoms with E-state index in [9.17, 15) is 9.59 Å². The summed E-state index contributed by atoms with van der Waals surface area (Å²) in [5.41, 5.74) is 2.86. The maximum Gasteiger partial charge on any atom is 0.404 e. The normalized spacial score (nSPS) is 16.2. The highest BCUT2D eigenvalue weighted by molar-refractivity contribution is 7.19. The second-order valence-electron chi connectivity index (χ2n) is 6.65. The molecule has 8 nitrogen and oxygen atoms in total. The number of benzene rings is 1. The van der Waals surface area contributed by atoms with Crippen LogP contribution in [0.4, 0.5) is 16.3 Å². The number of fused-ring (bicyclic) bond motifs is 4. The van der Waals surface area contributed by atoms with Crippen LogP contribution in [-0.4, -0.2) is 32.2 Å². The first-order valence-electron chi connectivity index (χ1n) is 8.71. The summed E-state index contributed by atoms with van der Waals surface area (Å²) >= 11 is 2.77. The number of aromatic nitrogens is 3. The summed E-state index contributed by atoms with van der Waals surface area (Å²) in [6.45, 7) is 0. The van der Waals surface area contributed by atoms with E-state index < -0.39 is 6.09 Å². The smallest absolute Gasteiger partial charge is 0.404 e. The highest BCUT2D eigenvalue weighted by atomic mass is 32.1. The van der Waals surface area contributed by atoms with Crippen molar-refractivity contribution in [3.8, 4) is 0 Å². The number of carbonyl (C=O) groups is 1. The number of nitrogens with one attached hydrogen (secondary N) is 3. The van der Waals surface area contributed by atoms with Crippen LogP contribution in [0.25, 0.3) is 20.4 Å². The monoisotopic (exact) mass is 413 g/mol. The number of aromatic amines is 1. The molecule has 28 heavy (non-hydrogen) atoms. The Labute approximate surface area is 166 Å². The summed E-state index contributed by atoms with van der Waals surface area (Å²) < 4.78 is 0.884. The van der Waals surface area contributed by atoms with Gasteiger partial charge < -0.3 is 20.7 Å². The molecule has 1 aliphatic rings. The zero-order valence-electron chi connectivity index (χ0n) is 14.5. The van der Waals surface area contributed by atoms with Crippen molar-refractivity contribution < 1.29 is 9.90 Å². The van der Waals surface area contributed by atoms with Crippen molar-refractivity contribution in [2.75, 3.05) is 5.32 Å². The zero-order valence-corrected chi connectivity index (χ0v) is 16.1. The molecule has 0 saturated carbocycles. The van der Waals surface area contributed by atoms with E-state index in [4.69, 9.17) is 5.11 Å². The Balaban J connectivity index is 1.52. The van der Waals surface area contributed by atoms with E-state index in [1.54, 1.807) is 11.3 Å². The molecule has 3 heterocycles. The SMILES string of the molecule is O=C(O)NC1CCc2c(sc3ncnc(Nc4ccc5[nH]c(=O)sc5c4)c23)C1. The van der Waals surface area contributed by atoms with E-state index in [0.29, 0.717) is 6.42 Å². The molecule has 0 saturated heterocycles. The number of thiazole rings is 1. The molecule has 0 bridgehead atoms. The van der Waals surface area contributed by atoms with Gasteiger partial charge in [0.15, 0.2) is 0 Å². The van der Waals surface area contributed by atoms with E-state index in [2.05, 4.69) is 25.6 Å². The number of amides is 1. The summed E-state index contributed by atoms with van der Waals surface area (Å²) in [5, 5.41) is 15.9. The molecule has 1 aliphatic carbocycles. The average Bonchev–Trinajstić information content (AvgIpc) is 3.20. The van der Waals surface area contributed by atoms with Crippen LogP contribution in [0.15, 0.2) is 29.3 Å². The Morgan fingerprint density at radius 1 is 1.29 bits per heavy atom. The van der Waals surface area contributed by atoms with Gasteiger partial charge in [0.2, 0.25) is 0 Å². The number of H-pyrrole nitrogens is 1. The van der Waals surface area contributed by atoms with Gasteiger partial charge in [0.1, 0.15) is 17.0 Å². The molecule has 0 spiro atoms. The Morgan fingerprint density at radius 2 is 2.18 bits per heavy atom. The quantitative estimate of drug-likeness (QED) is 0.408. The Bertz CT molecular complexity index is 1280. The van der Waals surface area contributed by atoms with Crippen molar-refractivity contribution >= 4 is 60.7 Å². The lowest BCUT2D eigenvalue weighted by molar-refractivity contribution is 0.188. The van der Waals surface area contributed by atoms with Crippen LogP contribution in [0.2, 0.25) is 0 Å². The second kappa shape index (κ2) is 6.57. The first kappa shape index (κ1) is 17.1. The van der Waals surface area contributed by atoms with E-state index in [1.807, 2.05) is 18.2 Å². The molecular formula is C18H15N5O3S2. The van der Waals surface area contributed by atoms with Crippen molar-refractivity contribution in [3.05, 3.63) is 44.6 Å². The molecule has 0 radical (unpaired) electrons. The molecule has 4 N–H and O–H groups in total. The summed E-state index contributed by atoms with van der Waals surface area (Å²) in [4.78, 5) is 36.1. The maximum absolute atomic E-state index is 11.5. The van der Waals surface area contributed by atoms with Gasteiger partial charge in [-0.3, -0.25) is 4.79 Å². The van der Waals surface area contributed by atoms with Crippen LogP contribution < -0.4 is 15.5 Å². The highest BCUT2D eigenvalue weighted by Crippen LogP contribution is 2.39. The van der Waals surface area contributed by atoms with Gasteiger partial charge in [-0.25, -0.2) is 14.8 Å². The Hall–Kier alpha value is -2.98. The third-order valence-corrected chi connectivity index (χ3v) is 6.86. The van der Waals surface area contributed by atoms with Gasteiger partial charge in [-0.2, -0.15) is 0 Å². The number of rotatable bonds is 3. The molecule has 1 amide bonds. The molecule has 142 valence electrons. The van der Waals surface area contributed by atoms with Gasteiger partial charge in [-0.05, 0) is 36.6 Å². The van der Waals surface area contributed by atoms with Crippen LogP contribution >= 0.6 is 22.7 Å². The van der Waals surface area contributed by atoms with Crippen molar-refractivity contribution in [1.82, 2.24) is 20.3 Å². The van der Waals surface area contributed by atoms with Gasteiger partial charge in [0, 0.05) is 23.0 Å². The number of hydrogen-bond acceptors (Lipinski definition) is 7. The lowest BCUT2D eigenvalue weighted by Gasteiger charge is -2.22. The van der Waals surface area contributed by atoms with Crippen LogP contribution in [0.3, 0.4) is 0 Å². The summed E-state index contributed by atoms with van der Waals surface area (Å²) in [6.07, 6.45) is 2.75. The minimum absolute atomic E-state index is 0.0683. The minimum Gasteiger partial charge on any atom is -0.465 e. The van der Waals surface area contributed by atoms with Gasteiger partial charge in [0.05, 0.1) is 15.6 Å². The van der Waals surface area contributed by atoms with Crippen LogP contribution in [-0.2, 0) is 12.8 Å². The number of carboxylic acid groups (broad SMARTS) is 1. The molecule has 4 aromatic rings. The number of nitrogens with zero attached hydrogens (tertiary/aromatic N) is 2. The number of anilines is 2. The summed E-state index contributed by atoms with van der Waals surface area (Å²) in [6, 6.07) is 5.64. The molecule has 10 heteroatoms. The zero-order chi connectivity index (χ0) is 19.3. The highest BCUT2D eigenvalue weighted by Gasteiger charge is 2.26. The maximum atomic E-state index is 11.5. The average molecular weight is 413 g/mol. The summed E-state index contributed by atoms with van der Waals surface area (Å²) in [7, 11) is 0. The fourth-order valence-electron chi connectivity index (χ4n) is 3.66. The molecule has 1 atom stereocenters. The van der Waals surface area contributed by atoms with E-state index in [0.717, 1.165) is 49.7 Å². The van der Waals surface area contributed by atoms with E-state index in [-0.39, 0.29) is 10.9 Å². The molecular weight excluding hydrogens is 398 g/mol. The van der Waals surface area contributed by atoms with Crippen molar-refractivity contribution in [1.29, 1.82) is 0 Å². The minimum atomic E-state index is -0.987. The first-order chi connectivity index (χ1) is 13.6. The number of thiophene rings is 1. The summed E-state index contributed by atoms with van der Waals surface area (Å²) in [5.74, 6) is 0.731. The Morgan fingerprint density at radius 3 is 3.04 bits per heavy atom. The molecule has 1 aromatic carbocycles. The Kier molecular flexibility index (Phi) is 4.02. The lowest BCUT2D eigenvalue weighted by atomic mass is 9.93. The number of hydrogen-bond donors (Lipinski definition) is 4. The van der Waals surface area contributed by atoms with Gasteiger partial charge >= 0.3 is 11.0 Å². The third kappa shape index (κ3) is 3.00. The van der Waals surface area contributed by atoms with Gasteiger partial charge in [-0.1, -0.05) is 11.3 Å². The van der Waals surface area contributed by atoms with E-state index >= 15 is 0 Å². The predicted molar refractivity (Wildman–Crippen MR) is 110 cm³/mol. The molecule has 3 aromatic heterocycles. The van der Waals surface area contributed by atoms with Crippen LogP contribution in [0.5, 0.6) is 0 Å². The van der Waals surface area contributed by atoms with Crippen molar-refractivity contribution in [2.24, 2.45) is 0 Å². The van der Waals surface area contributed by atoms with E-state index in [1.165, 1.54) is 23.2 Å². The first-order valence-corrected chi connectivity index (χ1v) is 10.3. The molecule has 5 rings (SSSR count). The third-order valence-electron chi connectivity index (χ3n) is 4.86. The topological polar surface area (TPSA) is 120 Å². The van der Waals surface area contributed by atoms with Crippen LogP contribution in [0.1, 0.15) is 16.9 Å². The van der Waals surface area contributed by atoms with Gasteiger partial charge in [-0.15, -0.1) is 11.3 Å². The fourth-order valence-corrected chi connectivity index (χ4v) is 5.71. The van der Waals surface area contributed by atoms with Crippen molar-refractivity contribution in [3.63, 3.8) is 0 Å². The standard InChI is InChI=1S/C18H15N5O3S2/c24-17(25)22-9-1-3-10-12(5-9)27-16-14(10)15(19-7-20-16)21-8-2-4-11-13(6-8)28-18(26)23-11/h2,4,6-7,9,22H,1,3,5H2,(H,23,26)(H,24,25)(H,19,20,21). The van der Waals surface area contributed by atoms with Crippen molar-refractivity contribution in [2.45, 2.75) is 25.3 Å². The molecule has 1 unspecified atom stereocenters. The second-order valence-corrected chi connectivity index (χ2v) is 8.74. The molecule has 0 fully saturated rings. The largest absolute Gasteiger partial charge is 0.465 e. The lowest BCUT2D eigenvalue weighted by Crippen LogP contribution is -2.37. The fraction of sp³-hybridized carbons (Fsp3) is 0.222. The van der Waals surface area contributed by atoms with Gasteiger partial charge in [0.25, 0.3) is 0 Å². The molecule has 0 aliphatic heterocycles.